The average molecular weight is 372 g/mol. The van der Waals surface area contributed by atoms with E-state index in [1.807, 2.05) is 0 Å². The summed E-state index contributed by atoms with van der Waals surface area (Å²) < 4.78 is 4.83. The largest absolute Gasteiger partial charge is 0.450 e. The van der Waals surface area contributed by atoms with E-state index in [0.29, 0.717) is 24.4 Å². The molecule has 0 saturated heterocycles. The molecule has 0 fully saturated rings. The molecular weight excluding hydrogens is 348 g/mol. The number of thioether (sulfide) groups is 1. The summed E-state index contributed by atoms with van der Waals surface area (Å²) in [6.45, 7) is 6.78. The Morgan fingerprint density at radius 1 is 1.08 bits per heavy atom. The molecule has 0 aromatic heterocycles. The van der Waals surface area contributed by atoms with E-state index in [2.05, 4.69) is 42.7 Å². The fraction of sp³-hybridized carbons (Fsp3) is 0.300. The second kappa shape index (κ2) is 9.87. The molecule has 0 heterocycles. The molecule has 6 heteroatoms. The predicted molar refractivity (Wildman–Crippen MR) is 106 cm³/mol. The maximum Gasteiger partial charge on any atom is 0.411 e. The number of benzene rings is 2. The molecule has 2 rings (SSSR count). The minimum absolute atomic E-state index is 0.168. The van der Waals surface area contributed by atoms with Gasteiger partial charge >= 0.3 is 6.09 Å². The molecule has 0 radical (unpaired) electrons. The monoisotopic (exact) mass is 372 g/mol. The number of carbonyl (C=O) groups excluding carboxylic acids is 2. The van der Waals surface area contributed by atoms with E-state index in [4.69, 9.17) is 4.74 Å². The first-order valence-electron chi connectivity index (χ1n) is 8.51. The van der Waals surface area contributed by atoms with Crippen LogP contribution in [0.5, 0.6) is 0 Å². The average Bonchev–Trinajstić information content (AvgIpc) is 2.62. The molecule has 0 aliphatic rings. The van der Waals surface area contributed by atoms with Gasteiger partial charge in [0.1, 0.15) is 0 Å². The van der Waals surface area contributed by atoms with Gasteiger partial charge in [-0.3, -0.25) is 10.1 Å². The molecule has 5 nitrogen and oxygen atoms in total. The molecule has 2 N–H and O–H groups in total. The summed E-state index contributed by atoms with van der Waals surface area (Å²) in [6.07, 6.45) is -0.533. The highest BCUT2D eigenvalue weighted by Gasteiger charge is 2.08. The highest BCUT2D eigenvalue weighted by molar-refractivity contribution is 7.99. The van der Waals surface area contributed by atoms with Crippen molar-refractivity contribution in [2.45, 2.75) is 25.7 Å². The summed E-state index contributed by atoms with van der Waals surface area (Å²) in [4.78, 5) is 24.9. The second-order valence-electron chi connectivity index (χ2n) is 5.78. The molecular formula is C20H24N2O3S. The van der Waals surface area contributed by atoms with Crippen LogP contribution in [-0.2, 0) is 4.74 Å². The Kier molecular flexibility index (Phi) is 7.53. The van der Waals surface area contributed by atoms with Gasteiger partial charge in [-0.25, -0.2) is 4.79 Å². The first-order chi connectivity index (χ1) is 12.5. The van der Waals surface area contributed by atoms with E-state index in [-0.39, 0.29) is 5.91 Å². The third-order valence-electron chi connectivity index (χ3n) is 3.78. The zero-order valence-electron chi connectivity index (χ0n) is 15.3. The van der Waals surface area contributed by atoms with Crippen molar-refractivity contribution in [3.8, 4) is 0 Å². The Labute approximate surface area is 158 Å². The van der Waals surface area contributed by atoms with Crippen molar-refractivity contribution >= 4 is 29.4 Å². The number of carbonyl (C=O) groups is 2. The van der Waals surface area contributed by atoms with Gasteiger partial charge in [-0.05, 0) is 62.2 Å². The molecule has 2 aromatic carbocycles. The normalized spacial score (nSPS) is 10.3. The zero-order valence-corrected chi connectivity index (χ0v) is 16.1. The van der Waals surface area contributed by atoms with Gasteiger partial charge in [-0.1, -0.05) is 12.1 Å². The van der Waals surface area contributed by atoms with E-state index < -0.39 is 6.09 Å². The number of nitrogens with one attached hydrogen (secondary N) is 2. The van der Waals surface area contributed by atoms with Crippen molar-refractivity contribution in [3.05, 3.63) is 59.2 Å². The lowest BCUT2D eigenvalue weighted by Crippen LogP contribution is -2.25. The van der Waals surface area contributed by atoms with Crippen molar-refractivity contribution in [1.29, 1.82) is 0 Å². The molecule has 2 aromatic rings. The second-order valence-corrected chi connectivity index (χ2v) is 6.95. The summed E-state index contributed by atoms with van der Waals surface area (Å²) in [7, 11) is 0. The highest BCUT2D eigenvalue weighted by Crippen LogP contribution is 2.20. The number of aryl methyl sites for hydroxylation is 2. The fourth-order valence-electron chi connectivity index (χ4n) is 2.26. The van der Waals surface area contributed by atoms with Crippen molar-refractivity contribution < 1.29 is 14.3 Å². The van der Waals surface area contributed by atoms with Crippen LogP contribution in [0.25, 0.3) is 0 Å². The molecule has 0 atom stereocenters. The van der Waals surface area contributed by atoms with E-state index in [1.165, 1.54) is 16.0 Å². The van der Waals surface area contributed by atoms with E-state index in [1.54, 1.807) is 43.0 Å². The van der Waals surface area contributed by atoms with Gasteiger partial charge in [0.25, 0.3) is 5.91 Å². The van der Waals surface area contributed by atoms with Crippen LogP contribution in [0.2, 0.25) is 0 Å². The van der Waals surface area contributed by atoms with Gasteiger partial charge in [0.05, 0.1) is 6.61 Å². The lowest BCUT2D eigenvalue weighted by atomic mass is 10.1. The van der Waals surface area contributed by atoms with E-state index in [9.17, 15) is 9.59 Å². The Hall–Kier alpha value is -2.47. The quantitative estimate of drug-likeness (QED) is 0.559. The summed E-state index contributed by atoms with van der Waals surface area (Å²) in [6, 6.07) is 13.1. The van der Waals surface area contributed by atoms with Crippen molar-refractivity contribution in [2.24, 2.45) is 0 Å². The summed E-state index contributed by atoms with van der Waals surface area (Å²) in [5.41, 5.74) is 3.57. The van der Waals surface area contributed by atoms with Crippen LogP contribution in [0.4, 0.5) is 10.5 Å². The SMILES string of the molecule is CCOC(=O)Nc1cccc(C(=O)NCCSc2ccc(C)c(C)c2)c1. The topological polar surface area (TPSA) is 67.4 Å². The first-order valence-corrected chi connectivity index (χ1v) is 9.50. The number of ether oxygens (including phenoxy) is 1. The van der Waals surface area contributed by atoms with Gasteiger partial charge in [0, 0.05) is 28.4 Å². The lowest BCUT2D eigenvalue weighted by Gasteiger charge is -2.09. The van der Waals surface area contributed by atoms with Crippen molar-refractivity contribution in [3.63, 3.8) is 0 Å². The highest BCUT2D eigenvalue weighted by atomic mass is 32.2. The lowest BCUT2D eigenvalue weighted by molar-refractivity contribution is 0.0956. The third kappa shape index (κ3) is 6.11. The van der Waals surface area contributed by atoms with Crippen LogP contribution < -0.4 is 10.6 Å². The van der Waals surface area contributed by atoms with E-state index >= 15 is 0 Å². The Balaban J connectivity index is 1.82. The standard InChI is InChI=1S/C20H24N2O3S/c1-4-25-20(24)22-17-7-5-6-16(13-17)19(23)21-10-11-26-18-9-8-14(2)15(3)12-18/h5-9,12-13H,4,10-11H2,1-3H3,(H,21,23)(H,22,24). The maximum atomic E-state index is 12.3. The number of amides is 2. The number of anilines is 1. The summed E-state index contributed by atoms with van der Waals surface area (Å²) in [5.74, 6) is 0.618. The Bertz CT molecular complexity index is 777. The molecule has 26 heavy (non-hydrogen) atoms. The van der Waals surface area contributed by atoms with Gasteiger partial charge in [-0.15, -0.1) is 11.8 Å². The predicted octanol–water partition coefficient (Wildman–Crippen LogP) is 4.39. The smallest absolute Gasteiger partial charge is 0.411 e. The van der Waals surface area contributed by atoms with Gasteiger partial charge < -0.3 is 10.1 Å². The zero-order chi connectivity index (χ0) is 18.9. The van der Waals surface area contributed by atoms with Gasteiger partial charge in [0.2, 0.25) is 0 Å². The number of rotatable bonds is 7. The van der Waals surface area contributed by atoms with E-state index in [0.717, 1.165) is 5.75 Å². The number of hydrogen-bond acceptors (Lipinski definition) is 4. The molecule has 138 valence electrons. The molecule has 0 unspecified atom stereocenters. The molecule has 0 aliphatic carbocycles. The first kappa shape index (κ1) is 19.8. The maximum absolute atomic E-state index is 12.3. The molecule has 0 spiro atoms. The third-order valence-corrected chi connectivity index (χ3v) is 4.78. The minimum Gasteiger partial charge on any atom is -0.450 e. The van der Waals surface area contributed by atoms with Crippen LogP contribution in [0.1, 0.15) is 28.4 Å². The van der Waals surface area contributed by atoms with Gasteiger partial charge in [-0.2, -0.15) is 0 Å². The Morgan fingerprint density at radius 3 is 2.62 bits per heavy atom. The molecule has 0 bridgehead atoms. The fourth-order valence-corrected chi connectivity index (χ4v) is 3.13. The van der Waals surface area contributed by atoms with Crippen LogP contribution in [0.3, 0.4) is 0 Å². The van der Waals surface area contributed by atoms with Crippen LogP contribution in [-0.4, -0.2) is 30.9 Å². The Morgan fingerprint density at radius 2 is 1.88 bits per heavy atom. The molecule has 0 aliphatic heterocycles. The summed E-state index contributed by atoms with van der Waals surface area (Å²) >= 11 is 1.71. The van der Waals surface area contributed by atoms with Gasteiger partial charge in [0.15, 0.2) is 0 Å². The summed E-state index contributed by atoms with van der Waals surface area (Å²) in [5, 5.41) is 5.49. The van der Waals surface area contributed by atoms with Crippen LogP contribution in [0, 0.1) is 13.8 Å². The molecule has 0 saturated carbocycles. The van der Waals surface area contributed by atoms with Crippen LogP contribution in [0.15, 0.2) is 47.4 Å². The van der Waals surface area contributed by atoms with Crippen LogP contribution >= 0.6 is 11.8 Å². The van der Waals surface area contributed by atoms with Crippen molar-refractivity contribution in [1.82, 2.24) is 5.32 Å². The number of hydrogen-bond donors (Lipinski definition) is 2. The minimum atomic E-state index is -0.533. The van der Waals surface area contributed by atoms with Crippen molar-refractivity contribution in [2.75, 3.05) is 24.2 Å². The molecule has 2 amide bonds.